The summed E-state index contributed by atoms with van der Waals surface area (Å²) in [6.45, 7) is 0. The van der Waals surface area contributed by atoms with Gasteiger partial charge in [-0.2, -0.15) is 26.3 Å². The summed E-state index contributed by atoms with van der Waals surface area (Å²) in [6, 6.07) is 2.90. The molecule has 102 valence electrons. The van der Waals surface area contributed by atoms with Crippen LogP contribution in [-0.2, 0) is 9.84 Å². The molecule has 0 aliphatic carbocycles. The Kier molecular flexibility index (Phi) is 3.52. The van der Waals surface area contributed by atoms with Crippen LogP contribution in [0.2, 0.25) is 0 Å². The van der Waals surface area contributed by atoms with E-state index in [0.717, 1.165) is 17.4 Å². The highest BCUT2D eigenvalue weighted by molar-refractivity contribution is 7.92. The quantitative estimate of drug-likeness (QED) is 0.673. The average molecular weight is 293 g/mol. The summed E-state index contributed by atoms with van der Waals surface area (Å²) in [7, 11) is -5.84. The van der Waals surface area contributed by atoms with E-state index in [1.54, 1.807) is 0 Å². The molecule has 18 heavy (non-hydrogen) atoms. The lowest BCUT2D eigenvalue weighted by Crippen LogP contribution is -2.27. The van der Waals surface area contributed by atoms with Crippen LogP contribution >= 0.6 is 0 Å². The number of para-hydroxylation sites is 1. The van der Waals surface area contributed by atoms with Crippen LogP contribution in [0.5, 0.6) is 0 Å². The van der Waals surface area contributed by atoms with E-state index in [1.807, 2.05) is 0 Å². The number of halogens is 6. The van der Waals surface area contributed by atoms with E-state index in [2.05, 4.69) is 0 Å². The standard InChI is InChI=1S/C8H5F6NO2S/c9-7(10,11)15-5-3-1-2-4-6(5)18(16,17)8(12,13)14/h1-4,15H. The van der Waals surface area contributed by atoms with E-state index in [1.165, 1.54) is 0 Å². The van der Waals surface area contributed by atoms with Gasteiger partial charge in [-0.3, -0.25) is 5.32 Å². The summed E-state index contributed by atoms with van der Waals surface area (Å²) in [5.41, 5.74) is -6.85. The van der Waals surface area contributed by atoms with E-state index in [4.69, 9.17) is 0 Å². The first-order chi connectivity index (χ1) is 7.95. The Hall–Kier alpha value is -1.45. The van der Waals surface area contributed by atoms with E-state index in [-0.39, 0.29) is 0 Å². The van der Waals surface area contributed by atoms with Gasteiger partial charge in [0.2, 0.25) is 0 Å². The highest BCUT2D eigenvalue weighted by atomic mass is 32.2. The van der Waals surface area contributed by atoms with Crippen molar-refractivity contribution in [1.82, 2.24) is 0 Å². The summed E-state index contributed by atoms with van der Waals surface area (Å²) in [4.78, 5) is -1.48. The maximum atomic E-state index is 12.2. The third kappa shape index (κ3) is 3.06. The van der Waals surface area contributed by atoms with Crippen molar-refractivity contribution in [3.8, 4) is 0 Å². The largest absolute Gasteiger partial charge is 0.501 e. The summed E-state index contributed by atoms with van der Waals surface area (Å²) in [5.74, 6) is 0. The molecule has 0 bridgehead atoms. The monoisotopic (exact) mass is 293 g/mol. The molecule has 0 heterocycles. The van der Waals surface area contributed by atoms with Gasteiger partial charge >= 0.3 is 11.8 Å². The second-order valence-corrected chi connectivity index (χ2v) is 4.98. The van der Waals surface area contributed by atoms with E-state index < -0.39 is 32.2 Å². The van der Waals surface area contributed by atoms with Crippen molar-refractivity contribution in [1.29, 1.82) is 0 Å². The van der Waals surface area contributed by atoms with Crippen molar-refractivity contribution in [2.24, 2.45) is 0 Å². The van der Waals surface area contributed by atoms with Crippen LogP contribution in [0.4, 0.5) is 32.0 Å². The number of anilines is 1. The summed E-state index contributed by atoms with van der Waals surface area (Å²) >= 11 is 0. The molecule has 0 saturated heterocycles. The number of hydrogen-bond acceptors (Lipinski definition) is 3. The molecule has 1 N–H and O–H groups in total. The average Bonchev–Trinajstić information content (AvgIpc) is 2.13. The smallest absolute Gasteiger partial charge is 0.296 e. The van der Waals surface area contributed by atoms with Gasteiger partial charge in [-0.15, -0.1) is 0 Å². The van der Waals surface area contributed by atoms with Crippen LogP contribution in [0.1, 0.15) is 0 Å². The van der Waals surface area contributed by atoms with Crippen LogP contribution in [-0.4, -0.2) is 20.2 Å². The zero-order chi connectivity index (χ0) is 14.2. The highest BCUT2D eigenvalue weighted by Crippen LogP contribution is 2.35. The van der Waals surface area contributed by atoms with Crippen molar-refractivity contribution in [3.63, 3.8) is 0 Å². The number of rotatable bonds is 2. The molecule has 0 atom stereocenters. The molecule has 0 aromatic heterocycles. The Labute approximate surface area is 97.3 Å². The van der Waals surface area contributed by atoms with Gasteiger partial charge in [-0.25, -0.2) is 8.42 Å². The normalized spacial score (nSPS) is 13.4. The number of sulfone groups is 1. The topological polar surface area (TPSA) is 46.2 Å². The molecule has 0 saturated carbocycles. The molecule has 0 aliphatic heterocycles. The van der Waals surface area contributed by atoms with Crippen LogP contribution in [0, 0.1) is 0 Å². The Bertz CT molecular complexity index is 533. The Morgan fingerprint density at radius 2 is 1.44 bits per heavy atom. The van der Waals surface area contributed by atoms with Crippen molar-refractivity contribution in [2.75, 3.05) is 5.32 Å². The minimum absolute atomic E-state index is 0.441. The molecule has 0 unspecified atom stereocenters. The molecule has 10 heteroatoms. The molecule has 1 rings (SSSR count). The molecule has 1 aromatic rings. The second-order valence-electron chi connectivity index (χ2n) is 3.07. The number of alkyl halides is 6. The highest BCUT2D eigenvalue weighted by Gasteiger charge is 2.48. The summed E-state index contributed by atoms with van der Waals surface area (Å²) in [6.07, 6.45) is -5.04. The van der Waals surface area contributed by atoms with Gasteiger partial charge in [-0.1, -0.05) is 12.1 Å². The molecule has 0 fully saturated rings. The van der Waals surface area contributed by atoms with Crippen molar-refractivity contribution in [2.45, 2.75) is 16.7 Å². The third-order valence-corrected chi connectivity index (χ3v) is 3.30. The molecule has 0 radical (unpaired) electrons. The Morgan fingerprint density at radius 1 is 0.944 bits per heavy atom. The predicted molar refractivity (Wildman–Crippen MR) is 49.4 cm³/mol. The van der Waals surface area contributed by atoms with Gasteiger partial charge in [0.25, 0.3) is 9.84 Å². The van der Waals surface area contributed by atoms with Gasteiger partial charge < -0.3 is 0 Å². The van der Waals surface area contributed by atoms with Gasteiger partial charge in [0.05, 0.1) is 10.6 Å². The molecular weight excluding hydrogens is 288 g/mol. The molecule has 1 aromatic carbocycles. The maximum Gasteiger partial charge on any atom is 0.501 e. The lowest BCUT2D eigenvalue weighted by molar-refractivity contribution is -0.100. The SMILES string of the molecule is O=S(=O)(c1ccccc1NC(F)(F)F)C(F)(F)F. The van der Waals surface area contributed by atoms with Crippen LogP contribution in [0.15, 0.2) is 29.2 Å². The van der Waals surface area contributed by atoms with Crippen molar-refractivity contribution >= 4 is 15.5 Å². The minimum atomic E-state index is -5.84. The second kappa shape index (κ2) is 4.34. The fraction of sp³-hybridized carbons (Fsp3) is 0.250. The zero-order valence-corrected chi connectivity index (χ0v) is 9.12. The maximum absolute atomic E-state index is 12.2. The van der Waals surface area contributed by atoms with Crippen LogP contribution in [0.3, 0.4) is 0 Å². The molecule has 0 spiro atoms. The van der Waals surface area contributed by atoms with Gasteiger partial charge in [0, 0.05) is 0 Å². The third-order valence-electron chi connectivity index (χ3n) is 1.76. The first-order valence-electron chi connectivity index (χ1n) is 4.20. The predicted octanol–water partition coefficient (Wildman–Crippen LogP) is 2.91. The Balaban J connectivity index is 3.36. The van der Waals surface area contributed by atoms with Crippen molar-refractivity contribution in [3.05, 3.63) is 24.3 Å². The fourth-order valence-electron chi connectivity index (χ4n) is 1.08. The van der Waals surface area contributed by atoms with Gasteiger partial charge in [0.15, 0.2) is 0 Å². The first-order valence-corrected chi connectivity index (χ1v) is 5.69. The van der Waals surface area contributed by atoms with E-state index in [0.29, 0.717) is 12.1 Å². The van der Waals surface area contributed by atoms with Crippen molar-refractivity contribution < 1.29 is 34.8 Å². The van der Waals surface area contributed by atoms with Crippen LogP contribution in [0.25, 0.3) is 0 Å². The zero-order valence-electron chi connectivity index (χ0n) is 8.30. The molecule has 0 amide bonds. The van der Waals surface area contributed by atoms with Gasteiger partial charge in [-0.05, 0) is 12.1 Å². The number of hydrogen-bond donors (Lipinski definition) is 1. The lowest BCUT2D eigenvalue weighted by Gasteiger charge is -2.15. The molecule has 0 aliphatic rings. The Morgan fingerprint density at radius 3 is 1.89 bits per heavy atom. The van der Waals surface area contributed by atoms with E-state index >= 15 is 0 Å². The molecule has 3 nitrogen and oxygen atoms in total. The summed E-state index contributed by atoms with van der Waals surface area (Å²) in [5, 5.41) is 0.749. The van der Waals surface area contributed by atoms with E-state index in [9.17, 15) is 34.8 Å². The minimum Gasteiger partial charge on any atom is -0.296 e. The van der Waals surface area contributed by atoms with Crippen LogP contribution < -0.4 is 5.32 Å². The lowest BCUT2D eigenvalue weighted by atomic mass is 10.3. The van der Waals surface area contributed by atoms with Gasteiger partial charge in [0.1, 0.15) is 0 Å². The summed E-state index contributed by atoms with van der Waals surface area (Å²) < 4.78 is 94.8. The fourth-order valence-corrected chi connectivity index (χ4v) is 2.00. The molecular formula is C8H5F6NO2S. The first kappa shape index (κ1) is 14.6. The number of nitrogens with one attached hydrogen (secondary N) is 1. The number of benzene rings is 1.